The third-order valence-electron chi connectivity index (χ3n) is 2.85. The summed E-state index contributed by atoms with van der Waals surface area (Å²) >= 11 is 1.72. The Balaban J connectivity index is 2.04. The number of aromatic nitrogens is 1. The van der Waals surface area contributed by atoms with E-state index < -0.39 is 0 Å². The highest BCUT2D eigenvalue weighted by Gasteiger charge is 2.09. The SMILES string of the molecule is COCCN(CCC#N)Cc1nc2ccccc2s1. The van der Waals surface area contributed by atoms with Crippen LogP contribution in [0.2, 0.25) is 0 Å². The fourth-order valence-corrected chi connectivity index (χ4v) is 2.89. The van der Waals surface area contributed by atoms with Gasteiger partial charge in [0.2, 0.25) is 0 Å². The number of nitrogens with zero attached hydrogens (tertiary/aromatic N) is 3. The second-order valence-electron chi connectivity index (χ2n) is 4.25. The summed E-state index contributed by atoms with van der Waals surface area (Å²) in [6.07, 6.45) is 0.536. The number of methoxy groups -OCH3 is 1. The zero-order chi connectivity index (χ0) is 13.5. The summed E-state index contributed by atoms with van der Waals surface area (Å²) < 4.78 is 6.32. The average Bonchev–Trinajstić information content (AvgIpc) is 2.84. The molecule has 100 valence electrons. The predicted molar refractivity (Wildman–Crippen MR) is 77.0 cm³/mol. The van der Waals surface area contributed by atoms with Gasteiger partial charge in [0.1, 0.15) is 5.01 Å². The third kappa shape index (κ3) is 4.00. The van der Waals surface area contributed by atoms with Crippen LogP contribution < -0.4 is 0 Å². The molecule has 0 bridgehead atoms. The first-order chi connectivity index (χ1) is 9.33. The summed E-state index contributed by atoms with van der Waals surface area (Å²) in [4.78, 5) is 6.83. The summed E-state index contributed by atoms with van der Waals surface area (Å²) in [7, 11) is 1.69. The van der Waals surface area contributed by atoms with Crippen molar-refractivity contribution < 1.29 is 4.74 Å². The second kappa shape index (κ2) is 7.19. The van der Waals surface area contributed by atoms with E-state index in [1.54, 1.807) is 18.4 Å². The van der Waals surface area contributed by atoms with Gasteiger partial charge in [0, 0.05) is 26.6 Å². The van der Waals surface area contributed by atoms with Gasteiger partial charge in [0.05, 0.1) is 29.4 Å². The molecule has 0 aliphatic rings. The summed E-state index contributed by atoms with van der Waals surface area (Å²) in [6.45, 7) is 3.05. The summed E-state index contributed by atoms with van der Waals surface area (Å²) in [5.74, 6) is 0. The Kier molecular flexibility index (Phi) is 5.28. The number of rotatable bonds is 7. The Hall–Kier alpha value is -1.48. The van der Waals surface area contributed by atoms with E-state index >= 15 is 0 Å². The molecule has 0 radical (unpaired) electrons. The number of nitriles is 1. The zero-order valence-electron chi connectivity index (χ0n) is 11.0. The van der Waals surface area contributed by atoms with Crippen molar-refractivity contribution in [2.75, 3.05) is 26.8 Å². The number of ether oxygens (including phenoxy) is 1. The highest BCUT2D eigenvalue weighted by atomic mass is 32.1. The number of fused-ring (bicyclic) bond motifs is 1. The van der Waals surface area contributed by atoms with Crippen molar-refractivity contribution >= 4 is 21.6 Å². The molecule has 0 aliphatic heterocycles. The lowest BCUT2D eigenvalue weighted by molar-refractivity contribution is 0.145. The van der Waals surface area contributed by atoms with Gasteiger partial charge in [0.25, 0.3) is 0 Å². The first-order valence-electron chi connectivity index (χ1n) is 6.26. The van der Waals surface area contributed by atoms with Crippen molar-refractivity contribution in [2.24, 2.45) is 0 Å². The number of para-hydroxylation sites is 1. The van der Waals surface area contributed by atoms with E-state index in [2.05, 4.69) is 22.0 Å². The van der Waals surface area contributed by atoms with Crippen LogP contribution in [-0.4, -0.2) is 36.7 Å². The van der Waals surface area contributed by atoms with Crippen molar-refractivity contribution in [2.45, 2.75) is 13.0 Å². The highest BCUT2D eigenvalue weighted by molar-refractivity contribution is 7.18. The summed E-state index contributed by atoms with van der Waals surface area (Å²) in [6, 6.07) is 10.3. The van der Waals surface area contributed by atoms with E-state index in [1.165, 1.54) is 4.70 Å². The molecule has 0 spiro atoms. The quantitative estimate of drug-likeness (QED) is 0.779. The van der Waals surface area contributed by atoms with Gasteiger partial charge in [-0.2, -0.15) is 5.26 Å². The monoisotopic (exact) mass is 275 g/mol. The van der Waals surface area contributed by atoms with E-state index in [9.17, 15) is 0 Å². The molecule has 5 heteroatoms. The fraction of sp³-hybridized carbons (Fsp3) is 0.429. The van der Waals surface area contributed by atoms with Crippen molar-refractivity contribution in [3.8, 4) is 6.07 Å². The molecule has 2 rings (SSSR count). The Bertz CT molecular complexity index is 528. The molecule has 0 N–H and O–H groups in total. The first kappa shape index (κ1) is 13.9. The molecule has 0 saturated heterocycles. The molecule has 19 heavy (non-hydrogen) atoms. The zero-order valence-corrected chi connectivity index (χ0v) is 11.8. The minimum Gasteiger partial charge on any atom is -0.383 e. The van der Waals surface area contributed by atoms with Gasteiger partial charge in [-0.3, -0.25) is 4.90 Å². The van der Waals surface area contributed by atoms with Crippen LogP contribution in [0.3, 0.4) is 0 Å². The van der Waals surface area contributed by atoms with Gasteiger partial charge in [-0.1, -0.05) is 12.1 Å². The highest BCUT2D eigenvalue weighted by Crippen LogP contribution is 2.22. The summed E-state index contributed by atoms with van der Waals surface area (Å²) in [5.41, 5.74) is 1.05. The van der Waals surface area contributed by atoms with Crippen LogP contribution in [0.15, 0.2) is 24.3 Å². The first-order valence-corrected chi connectivity index (χ1v) is 7.08. The lowest BCUT2D eigenvalue weighted by atomic mass is 10.3. The van der Waals surface area contributed by atoms with Crippen LogP contribution in [-0.2, 0) is 11.3 Å². The number of benzene rings is 1. The second-order valence-corrected chi connectivity index (χ2v) is 5.37. The predicted octanol–water partition coefficient (Wildman–Crippen LogP) is 2.66. The maximum Gasteiger partial charge on any atom is 0.108 e. The maximum atomic E-state index is 8.70. The molecule has 0 unspecified atom stereocenters. The molecule has 0 amide bonds. The molecule has 1 aromatic heterocycles. The minimum absolute atomic E-state index is 0.536. The van der Waals surface area contributed by atoms with Crippen molar-refractivity contribution in [3.63, 3.8) is 0 Å². The number of thiazole rings is 1. The molecule has 4 nitrogen and oxygen atoms in total. The van der Waals surface area contributed by atoms with Gasteiger partial charge in [-0.05, 0) is 12.1 Å². The molecule has 2 aromatic rings. The Morgan fingerprint density at radius 1 is 1.37 bits per heavy atom. The molecular formula is C14H17N3OS. The van der Waals surface area contributed by atoms with Gasteiger partial charge in [-0.25, -0.2) is 4.98 Å². The number of hydrogen-bond donors (Lipinski definition) is 0. The molecule has 0 fully saturated rings. The van der Waals surface area contributed by atoms with E-state index in [1.807, 2.05) is 18.2 Å². The van der Waals surface area contributed by atoms with Crippen molar-refractivity contribution in [1.82, 2.24) is 9.88 Å². The van der Waals surface area contributed by atoms with Crippen LogP contribution >= 0.6 is 11.3 Å². The Morgan fingerprint density at radius 2 is 2.21 bits per heavy atom. The molecule has 0 saturated carbocycles. The Labute approximate surface area is 117 Å². The van der Waals surface area contributed by atoms with Crippen LogP contribution in [0.5, 0.6) is 0 Å². The third-order valence-corrected chi connectivity index (χ3v) is 3.87. The maximum absolute atomic E-state index is 8.70. The van der Waals surface area contributed by atoms with E-state index in [0.29, 0.717) is 13.0 Å². The average molecular weight is 275 g/mol. The van der Waals surface area contributed by atoms with E-state index in [4.69, 9.17) is 10.00 Å². The summed E-state index contributed by atoms with van der Waals surface area (Å²) in [5, 5.41) is 9.79. The van der Waals surface area contributed by atoms with Gasteiger partial charge in [-0.15, -0.1) is 11.3 Å². The van der Waals surface area contributed by atoms with Crippen LogP contribution in [0.4, 0.5) is 0 Å². The van der Waals surface area contributed by atoms with Gasteiger partial charge >= 0.3 is 0 Å². The lowest BCUT2D eigenvalue weighted by Gasteiger charge is -2.18. The fourth-order valence-electron chi connectivity index (χ4n) is 1.88. The largest absolute Gasteiger partial charge is 0.383 e. The Morgan fingerprint density at radius 3 is 2.95 bits per heavy atom. The molecule has 0 atom stereocenters. The van der Waals surface area contributed by atoms with Gasteiger partial charge < -0.3 is 4.74 Å². The smallest absolute Gasteiger partial charge is 0.108 e. The lowest BCUT2D eigenvalue weighted by Crippen LogP contribution is -2.27. The molecular weight excluding hydrogens is 258 g/mol. The van der Waals surface area contributed by atoms with E-state index in [-0.39, 0.29) is 0 Å². The normalized spacial score (nSPS) is 11.0. The molecule has 1 heterocycles. The van der Waals surface area contributed by atoms with Crippen molar-refractivity contribution in [3.05, 3.63) is 29.3 Å². The number of hydrogen-bond acceptors (Lipinski definition) is 5. The van der Waals surface area contributed by atoms with Crippen LogP contribution in [0.1, 0.15) is 11.4 Å². The van der Waals surface area contributed by atoms with Gasteiger partial charge in [0.15, 0.2) is 0 Å². The van der Waals surface area contributed by atoms with Crippen LogP contribution in [0, 0.1) is 11.3 Å². The standard InChI is InChI=1S/C14H17N3OS/c1-18-10-9-17(8-4-7-15)11-14-16-12-5-2-3-6-13(12)19-14/h2-3,5-6H,4,8-11H2,1H3. The molecule has 1 aromatic carbocycles. The molecule has 0 aliphatic carbocycles. The van der Waals surface area contributed by atoms with E-state index in [0.717, 1.165) is 30.2 Å². The van der Waals surface area contributed by atoms with Crippen molar-refractivity contribution in [1.29, 1.82) is 5.26 Å². The van der Waals surface area contributed by atoms with Crippen LogP contribution in [0.25, 0.3) is 10.2 Å². The topological polar surface area (TPSA) is 49.1 Å². The minimum atomic E-state index is 0.536.